The predicted molar refractivity (Wildman–Crippen MR) is 102 cm³/mol. The van der Waals surface area contributed by atoms with Gasteiger partial charge in [0, 0.05) is 19.8 Å². The quantitative estimate of drug-likeness (QED) is 0.501. The van der Waals surface area contributed by atoms with Crippen LogP contribution in [0.15, 0.2) is 24.3 Å². The lowest BCUT2D eigenvalue weighted by molar-refractivity contribution is -0.266. The van der Waals surface area contributed by atoms with Gasteiger partial charge in [-0.1, -0.05) is 38.5 Å². The van der Waals surface area contributed by atoms with Crippen LogP contribution < -0.4 is 4.74 Å². The molecule has 0 N–H and O–H groups in total. The minimum atomic E-state index is -1.17. The summed E-state index contributed by atoms with van der Waals surface area (Å²) < 4.78 is 27.5. The number of para-hydroxylation sites is 1. The van der Waals surface area contributed by atoms with E-state index in [9.17, 15) is 14.4 Å². The van der Waals surface area contributed by atoms with Gasteiger partial charge in [-0.3, -0.25) is 9.59 Å². The Hall–Kier alpha value is -2.61. The SMILES string of the molecule is CCCc1ccccc1O[C@@H]1O[C@H](C(=O)OC)[C@@H](C)[C@H](OC(C)=O)[C@H]1OC(C)=O. The normalized spacial score (nSPS) is 26.3. The van der Waals surface area contributed by atoms with E-state index in [0.29, 0.717) is 5.75 Å². The molecule has 29 heavy (non-hydrogen) atoms. The number of rotatable bonds is 7. The monoisotopic (exact) mass is 408 g/mol. The summed E-state index contributed by atoms with van der Waals surface area (Å²) in [6, 6.07) is 7.39. The van der Waals surface area contributed by atoms with Crippen LogP contribution in [-0.2, 0) is 39.8 Å². The molecule has 8 heteroatoms. The lowest BCUT2D eigenvalue weighted by Gasteiger charge is -2.42. The zero-order valence-corrected chi connectivity index (χ0v) is 17.4. The van der Waals surface area contributed by atoms with Gasteiger partial charge in [-0.05, 0) is 18.1 Å². The number of ether oxygens (including phenoxy) is 5. The Labute approximate surface area is 170 Å². The molecule has 1 saturated heterocycles. The first-order valence-electron chi connectivity index (χ1n) is 9.60. The largest absolute Gasteiger partial charge is 0.467 e. The topological polar surface area (TPSA) is 97.4 Å². The van der Waals surface area contributed by atoms with Crippen LogP contribution in [0, 0.1) is 5.92 Å². The van der Waals surface area contributed by atoms with Crippen LogP contribution in [0.25, 0.3) is 0 Å². The van der Waals surface area contributed by atoms with Crippen LogP contribution in [0.4, 0.5) is 0 Å². The van der Waals surface area contributed by atoms with Gasteiger partial charge < -0.3 is 23.7 Å². The van der Waals surface area contributed by atoms with Crippen molar-refractivity contribution in [2.75, 3.05) is 7.11 Å². The summed E-state index contributed by atoms with van der Waals surface area (Å²) in [6.45, 7) is 6.19. The molecule has 5 atom stereocenters. The molecule has 1 aliphatic heterocycles. The van der Waals surface area contributed by atoms with E-state index in [2.05, 4.69) is 0 Å². The zero-order chi connectivity index (χ0) is 21.6. The maximum absolute atomic E-state index is 12.3. The molecule has 0 aliphatic carbocycles. The zero-order valence-electron chi connectivity index (χ0n) is 17.4. The number of benzene rings is 1. The van der Waals surface area contributed by atoms with Crippen molar-refractivity contribution in [1.82, 2.24) is 0 Å². The van der Waals surface area contributed by atoms with Gasteiger partial charge in [0.05, 0.1) is 7.11 Å². The molecular weight excluding hydrogens is 380 g/mol. The van der Waals surface area contributed by atoms with Crippen LogP contribution >= 0.6 is 0 Å². The first-order chi connectivity index (χ1) is 13.8. The maximum Gasteiger partial charge on any atom is 0.335 e. The maximum atomic E-state index is 12.3. The fourth-order valence-electron chi connectivity index (χ4n) is 3.35. The summed E-state index contributed by atoms with van der Waals surface area (Å²) in [4.78, 5) is 35.7. The van der Waals surface area contributed by atoms with E-state index < -0.39 is 48.4 Å². The van der Waals surface area contributed by atoms with Crippen LogP contribution in [0.5, 0.6) is 5.75 Å². The second-order valence-corrected chi connectivity index (χ2v) is 6.93. The average molecular weight is 408 g/mol. The minimum Gasteiger partial charge on any atom is -0.467 e. The number of carbonyl (C=O) groups is 3. The Kier molecular flexibility index (Phi) is 8.01. The number of aryl methyl sites for hydroxylation is 1. The summed E-state index contributed by atoms with van der Waals surface area (Å²) in [5, 5.41) is 0. The lowest BCUT2D eigenvalue weighted by Crippen LogP contribution is -2.60. The van der Waals surface area contributed by atoms with Crippen LogP contribution in [0.2, 0.25) is 0 Å². The molecule has 0 bridgehead atoms. The summed E-state index contributed by atoms with van der Waals surface area (Å²) in [6.07, 6.45) is -2.55. The van der Waals surface area contributed by atoms with Gasteiger partial charge in [0.1, 0.15) is 5.75 Å². The molecule has 2 rings (SSSR count). The molecule has 0 radical (unpaired) electrons. The third kappa shape index (κ3) is 5.69. The second-order valence-electron chi connectivity index (χ2n) is 6.93. The number of hydrogen-bond acceptors (Lipinski definition) is 8. The van der Waals surface area contributed by atoms with Crippen molar-refractivity contribution < 1.29 is 38.1 Å². The summed E-state index contributed by atoms with van der Waals surface area (Å²) >= 11 is 0. The molecule has 1 aromatic carbocycles. The highest BCUT2D eigenvalue weighted by atomic mass is 16.7. The van der Waals surface area contributed by atoms with Gasteiger partial charge >= 0.3 is 17.9 Å². The fourth-order valence-corrected chi connectivity index (χ4v) is 3.35. The van der Waals surface area contributed by atoms with Crippen molar-refractivity contribution in [2.45, 2.75) is 65.1 Å². The van der Waals surface area contributed by atoms with Crippen LogP contribution in [0.1, 0.15) is 39.7 Å². The Balaban J connectivity index is 2.42. The highest BCUT2D eigenvalue weighted by Crippen LogP contribution is 2.33. The Morgan fingerprint density at radius 1 is 1.03 bits per heavy atom. The molecule has 160 valence electrons. The molecule has 1 aliphatic rings. The van der Waals surface area contributed by atoms with Gasteiger partial charge in [-0.25, -0.2) is 4.79 Å². The van der Waals surface area contributed by atoms with E-state index >= 15 is 0 Å². The second kappa shape index (κ2) is 10.2. The van der Waals surface area contributed by atoms with Crippen molar-refractivity contribution >= 4 is 17.9 Å². The average Bonchev–Trinajstić information content (AvgIpc) is 2.67. The molecule has 0 saturated carbocycles. The Morgan fingerprint density at radius 2 is 1.66 bits per heavy atom. The van der Waals surface area contributed by atoms with Crippen molar-refractivity contribution in [3.05, 3.63) is 29.8 Å². The molecule has 1 heterocycles. The number of carbonyl (C=O) groups excluding carboxylic acids is 3. The van der Waals surface area contributed by atoms with E-state index in [0.717, 1.165) is 18.4 Å². The Morgan fingerprint density at radius 3 is 2.24 bits per heavy atom. The van der Waals surface area contributed by atoms with Crippen molar-refractivity contribution in [2.24, 2.45) is 5.92 Å². The van der Waals surface area contributed by atoms with E-state index in [-0.39, 0.29) is 0 Å². The van der Waals surface area contributed by atoms with Gasteiger partial charge in [0.25, 0.3) is 0 Å². The number of hydrogen-bond donors (Lipinski definition) is 0. The van der Waals surface area contributed by atoms with Gasteiger partial charge in [0.15, 0.2) is 12.2 Å². The van der Waals surface area contributed by atoms with Crippen molar-refractivity contribution in [3.8, 4) is 5.75 Å². The molecule has 0 aromatic heterocycles. The first kappa shape index (κ1) is 22.7. The lowest BCUT2D eigenvalue weighted by atomic mass is 9.90. The molecule has 1 fully saturated rings. The highest BCUT2D eigenvalue weighted by Gasteiger charge is 2.52. The first-order valence-corrected chi connectivity index (χ1v) is 9.60. The van der Waals surface area contributed by atoms with Crippen molar-refractivity contribution in [1.29, 1.82) is 0 Å². The summed E-state index contributed by atoms with van der Waals surface area (Å²) in [5.41, 5.74) is 0.942. The number of esters is 3. The molecule has 8 nitrogen and oxygen atoms in total. The van der Waals surface area contributed by atoms with Gasteiger partial charge in [-0.2, -0.15) is 0 Å². The molecular formula is C21H28O8. The third-order valence-corrected chi connectivity index (χ3v) is 4.64. The summed E-state index contributed by atoms with van der Waals surface area (Å²) in [7, 11) is 1.24. The molecule has 1 aromatic rings. The number of methoxy groups -OCH3 is 1. The van der Waals surface area contributed by atoms with E-state index in [1.54, 1.807) is 13.0 Å². The standard InChI is InChI=1S/C21H28O8/c1-6-9-15-10-7-8-11-16(15)28-21-19(27-14(4)23)17(26-13(3)22)12(2)18(29-21)20(24)25-5/h7-8,10-12,17-19,21H,6,9H2,1-5H3/t12-,17-,18-,19+,21+/m0/s1. The molecule has 0 unspecified atom stereocenters. The van der Waals surface area contributed by atoms with Gasteiger partial charge in [0.2, 0.25) is 12.4 Å². The van der Waals surface area contributed by atoms with Gasteiger partial charge in [-0.15, -0.1) is 0 Å². The van der Waals surface area contributed by atoms with E-state index in [4.69, 9.17) is 23.7 Å². The van der Waals surface area contributed by atoms with Crippen molar-refractivity contribution in [3.63, 3.8) is 0 Å². The molecule has 0 spiro atoms. The molecule has 0 amide bonds. The third-order valence-electron chi connectivity index (χ3n) is 4.64. The van der Waals surface area contributed by atoms with Crippen LogP contribution in [0.3, 0.4) is 0 Å². The Bertz CT molecular complexity index is 731. The minimum absolute atomic E-state index is 0.538. The fraction of sp³-hybridized carbons (Fsp3) is 0.571. The smallest absolute Gasteiger partial charge is 0.335 e. The highest BCUT2D eigenvalue weighted by molar-refractivity contribution is 5.75. The predicted octanol–water partition coefficient (Wildman–Crippen LogP) is 2.42. The van der Waals surface area contributed by atoms with Crippen LogP contribution in [-0.4, -0.2) is 49.6 Å². The van der Waals surface area contributed by atoms with E-state index in [1.165, 1.54) is 21.0 Å². The van der Waals surface area contributed by atoms with E-state index in [1.807, 2.05) is 25.1 Å². The summed E-state index contributed by atoms with van der Waals surface area (Å²) in [5.74, 6) is -1.88.